The molecular weight excluding hydrogens is 386 g/mol. The second-order valence-corrected chi connectivity index (χ2v) is 6.42. The van der Waals surface area contributed by atoms with Gasteiger partial charge in [0, 0.05) is 10.9 Å². The zero-order valence-corrected chi connectivity index (χ0v) is 16.4. The van der Waals surface area contributed by atoms with E-state index < -0.39 is 0 Å². The lowest BCUT2D eigenvalue weighted by molar-refractivity contribution is -0.116. The van der Waals surface area contributed by atoms with Gasteiger partial charge in [-0.2, -0.15) is 0 Å². The summed E-state index contributed by atoms with van der Waals surface area (Å²) in [6.07, 6.45) is 0.867. The Hall–Kier alpha value is -2.21. The smallest absolute Gasteiger partial charge is 0.224 e. The molecule has 2 rings (SSSR count). The maximum atomic E-state index is 12.4. The van der Waals surface area contributed by atoms with E-state index in [-0.39, 0.29) is 5.91 Å². The SMILES string of the molecule is COc1cc(Br)cc(C)c1NC(=O)CCc1cccc(OC)c1OC. The van der Waals surface area contributed by atoms with Gasteiger partial charge in [-0.1, -0.05) is 28.1 Å². The number of hydrogen-bond donors (Lipinski definition) is 1. The van der Waals surface area contributed by atoms with Gasteiger partial charge in [0.1, 0.15) is 5.75 Å². The fourth-order valence-corrected chi connectivity index (χ4v) is 3.19. The molecule has 1 amide bonds. The molecule has 0 aliphatic rings. The highest BCUT2D eigenvalue weighted by Crippen LogP contribution is 2.33. The van der Waals surface area contributed by atoms with Crippen molar-refractivity contribution in [3.05, 3.63) is 45.9 Å². The van der Waals surface area contributed by atoms with Gasteiger partial charge in [0.2, 0.25) is 5.91 Å². The van der Waals surface area contributed by atoms with Gasteiger partial charge in [-0.05, 0) is 42.7 Å². The van der Waals surface area contributed by atoms with Crippen LogP contribution in [0.15, 0.2) is 34.8 Å². The number of benzene rings is 2. The third-order valence-corrected chi connectivity index (χ3v) is 4.31. The number of carbonyl (C=O) groups excluding carboxylic acids is 1. The van der Waals surface area contributed by atoms with E-state index >= 15 is 0 Å². The zero-order valence-electron chi connectivity index (χ0n) is 14.8. The summed E-state index contributed by atoms with van der Waals surface area (Å²) >= 11 is 3.43. The molecule has 0 aromatic heterocycles. The first-order chi connectivity index (χ1) is 12.0. The molecule has 0 aliphatic carbocycles. The van der Waals surface area contributed by atoms with Crippen LogP contribution in [0.1, 0.15) is 17.5 Å². The molecule has 6 heteroatoms. The first-order valence-corrected chi connectivity index (χ1v) is 8.63. The number of aryl methyl sites for hydroxylation is 2. The van der Waals surface area contributed by atoms with E-state index in [0.29, 0.717) is 35.8 Å². The fourth-order valence-electron chi connectivity index (χ4n) is 2.63. The van der Waals surface area contributed by atoms with Gasteiger partial charge in [-0.15, -0.1) is 0 Å². The van der Waals surface area contributed by atoms with Crippen LogP contribution in [0.4, 0.5) is 5.69 Å². The topological polar surface area (TPSA) is 56.8 Å². The summed E-state index contributed by atoms with van der Waals surface area (Å²) in [5.74, 6) is 1.86. The van der Waals surface area contributed by atoms with Crippen molar-refractivity contribution in [1.29, 1.82) is 0 Å². The standard InChI is InChI=1S/C19H22BrNO4/c1-12-10-14(20)11-16(24-3)18(12)21-17(22)9-8-13-6-5-7-15(23-2)19(13)25-4/h5-7,10-11H,8-9H2,1-4H3,(H,21,22). The zero-order chi connectivity index (χ0) is 18.4. The molecule has 0 radical (unpaired) electrons. The second kappa shape index (κ2) is 8.76. The van der Waals surface area contributed by atoms with E-state index in [1.807, 2.05) is 37.3 Å². The Morgan fingerprint density at radius 1 is 1.08 bits per heavy atom. The molecule has 0 atom stereocenters. The van der Waals surface area contributed by atoms with Crippen LogP contribution in [0.5, 0.6) is 17.2 Å². The highest BCUT2D eigenvalue weighted by atomic mass is 79.9. The molecule has 0 unspecified atom stereocenters. The lowest BCUT2D eigenvalue weighted by Crippen LogP contribution is -2.14. The molecule has 2 aromatic rings. The van der Waals surface area contributed by atoms with Crippen molar-refractivity contribution in [2.75, 3.05) is 26.6 Å². The molecule has 134 valence electrons. The number of halogens is 1. The molecule has 0 bridgehead atoms. The average Bonchev–Trinajstić information content (AvgIpc) is 2.61. The summed E-state index contributed by atoms with van der Waals surface area (Å²) in [7, 11) is 4.77. The van der Waals surface area contributed by atoms with Crippen LogP contribution >= 0.6 is 15.9 Å². The molecule has 0 heterocycles. The lowest BCUT2D eigenvalue weighted by Gasteiger charge is -2.15. The number of para-hydroxylation sites is 1. The summed E-state index contributed by atoms with van der Waals surface area (Å²) in [6.45, 7) is 1.92. The molecular formula is C19H22BrNO4. The van der Waals surface area contributed by atoms with E-state index in [4.69, 9.17) is 14.2 Å². The lowest BCUT2D eigenvalue weighted by atomic mass is 10.1. The van der Waals surface area contributed by atoms with Gasteiger partial charge in [-0.25, -0.2) is 0 Å². The monoisotopic (exact) mass is 407 g/mol. The minimum absolute atomic E-state index is 0.0893. The van der Waals surface area contributed by atoms with E-state index in [1.165, 1.54) is 0 Å². The Balaban J connectivity index is 2.10. The van der Waals surface area contributed by atoms with Gasteiger partial charge in [0.05, 0.1) is 27.0 Å². The molecule has 0 fully saturated rings. The molecule has 0 spiro atoms. The van der Waals surface area contributed by atoms with Gasteiger partial charge in [0.25, 0.3) is 0 Å². The molecule has 0 saturated carbocycles. The van der Waals surface area contributed by atoms with Crippen molar-refractivity contribution in [3.63, 3.8) is 0 Å². The third kappa shape index (κ3) is 4.66. The van der Waals surface area contributed by atoms with Crippen LogP contribution in [0.2, 0.25) is 0 Å². The van der Waals surface area contributed by atoms with Crippen molar-refractivity contribution < 1.29 is 19.0 Å². The van der Waals surface area contributed by atoms with Crippen molar-refractivity contribution in [2.45, 2.75) is 19.8 Å². The highest BCUT2D eigenvalue weighted by Gasteiger charge is 2.14. The second-order valence-electron chi connectivity index (χ2n) is 5.50. The Morgan fingerprint density at radius 2 is 1.80 bits per heavy atom. The van der Waals surface area contributed by atoms with Crippen molar-refractivity contribution in [3.8, 4) is 17.2 Å². The van der Waals surface area contributed by atoms with Crippen molar-refractivity contribution >= 4 is 27.5 Å². The summed E-state index contributed by atoms with van der Waals surface area (Å²) in [5.41, 5.74) is 2.54. The summed E-state index contributed by atoms with van der Waals surface area (Å²) in [6, 6.07) is 9.41. The number of methoxy groups -OCH3 is 3. The van der Waals surface area contributed by atoms with Gasteiger partial charge in [0.15, 0.2) is 11.5 Å². The minimum atomic E-state index is -0.0893. The van der Waals surface area contributed by atoms with Gasteiger partial charge >= 0.3 is 0 Å². The quantitative estimate of drug-likeness (QED) is 0.740. The average molecular weight is 408 g/mol. The maximum absolute atomic E-state index is 12.4. The molecule has 0 aliphatic heterocycles. The molecule has 25 heavy (non-hydrogen) atoms. The van der Waals surface area contributed by atoms with Crippen LogP contribution in [0.3, 0.4) is 0 Å². The third-order valence-electron chi connectivity index (χ3n) is 3.85. The van der Waals surface area contributed by atoms with E-state index in [1.54, 1.807) is 21.3 Å². The predicted octanol–water partition coefficient (Wildman–Crippen LogP) is 4.35. The summed E-state index contributed by atoms with van der Waals surface area (Å²) in [5, 5.41) is 2.94. The minimum Gasteiger partial charge on any atom is -0.495 e. The molecule has 2 aromatic carbocycles. The first kappa shape index (κ1) is 19.1. The summed E-state index contributed by atoms with van der Waals surface area (Å²) in [4.78, 5) is 12.4. The van der Waals surface area contributed by atoms with Gasteiger partial charge in [-0.3, -0.25) is 4.79 Å². The van der Waals surface area contributed by atoms with Crippen LogP contribution < -0.4 is 19.5 Å². The number of ether oxygens (including phenoxy) is 3. The highest BCUT2D eigenvalue weighted by molar-refractivity contribution is 9.10. The Kier molecular flexibility index (Phi) is 6.70. The van der Waals surface area contributed by atoms with E-state index in [0.717, 1.165) is 15.6 Å². The number of amides is 1. The number of carbonyl (C=O) groups is 1. The molecule has 5 nitrogen and oxygen atoms in total. The number of anilines is 1. The number of nitrogens with one attached hydrogen (secondary N) is 1. The van der Waals surface area contributed by atoms with E-state index in [9.17, 15) is 4.79 Å². The van der Waals surface area contributed by atoms with Gasteiger partial charge < -0.3 is 19.5 Å². The normalized spacial score (nSPS) is 10.3. The predicted molar refractivity (Wildman–Crippen MR) is 102 cm³/mol. The maximum Gasteiger partial charge on any atom is 0.224 e. The fraction of sp³-hybridized carbons (Fsp3) is 0.316. The van der Waals surface area contributed by atoms with Crippen LogP contribution in [-0.4, -0.2) is 27.2 Å². The Labute approximate surface area is 156 Å². The Bertz CT molecular complexity index is 761. The number of rotatable bonds is 7. The van der Waals surface area contributed by atoms with Crippen LogP contribution in [0, 0.1) is 6.92 Å². The first-order valence-electron chi connectivity index (χ1n) is 7.84. The van der Waals surface area contributed by atoms with Crippen LogP contribution in [0.25, 0.3) is 0 Å². The molecule has 0 saturated heterocycles. The van der Waals surface area contributed by atoms with E-state index in [2.05, 4.69) is 21.2 Å². The molecule has 1 N–H and O–H groups in total. The van der Waals surface area contributed by atoms with Crippen LogP contribution in [-0.2, 0) is 11.2 Å². The van der Waals surface area contributed by atoms with Crippen molar-refractivity contribution in [2.24, 2.45) is 0 Å². The Morgan fingerprint density at radius 3 is 2.44 bits per heavy atom. The number of hydrogen-bond acceptors (Lipinski definition) is 4. The van der Waals surface area contributed by atoms with Crippen molar-refractivity contribution in [1.82, 2.24) is 0 Å². The largest absolute Gasteiger partial charge is 0.495 e. The summed E-state index contributed by atoms with van der Waals surface area (Å²) < 4.78 is 17.0.